The standard InChI is InChI=1S/C35H28.C34H26.C33H24.C31H20/c1-34(2,3)22-14-20-11-10-19-12-13-24-26-18-30-27(23-8-6-7-9-29(23)35(30,4)5)17-25(26)28-16-21(15-22)31(20)32(19)33(24)28;1-18(2)21-12-11-20-15-28-25-16-27-22-7-5-6-8-29(22)34(3,4)30(27)17-26(25)24-14-10-19-9-13-23(21)31(20)32(19)33(24)28;1-17-13-18(2)23-14-27-24-15-26-21-7-5-6-8-28(21)33(3,4)29(26)16-25(24)22-12-10-19-9-11-20(17)31(23)30(19)32(22)27;1-31(2)26-9-4-3-8-20(26)24-15-22-23(16-27(24)31)21-13-12-18-11-10-17-6-5-7-19-14-25(22)30(21)29(18)28(17)19/h6-18H,1-5H3;5-18H,1-4H3;5-16H,1-4H3;3-16H,1-2H3. The van der Waals surface area contributed by atoms with Gasteiger partial charge in [-0.05, 0) is 428 Å². The molecule has 8 aliphatic rings. The monoisotopic (exact) mass is 1690 g/mol. The molecule has 0 unspecified atom stereocenters. The van der Waals surface area contributed by atoms with Crippen LogP contribution in [0, 0.1) is 13.8 Å². The van der Waals surface area contributed by atoms with Crippen LogP contribution < -0.4 is 0 Å². The molecular formula is C133H98. The van der Waals surface area contributed by atoms with Crippen molar-refractivity contribution in [3.63, 3.8) is 0 Å². The van der Waals surface area contributed by atoms with Crippen molar-refractivity contribution < 1.29 is 0 Å². The quantitative estimate of drug-likeness (QED) is 0.144. The summed E-state index contributed by atoms with van der Waals surface area (Å²) in [6.07, 6.45) is 0. The minimum absolute atomic E-state index is 0.0163. The molecule has 0 saturated heterocycles. The molecule has 0 atom stereocenters. The van der Waals surface area contributed by atoms with Crippen LogP contribution in [0.5, 0.6) is 0 Å². The fourth-order valence-electron chi connectivity index (χ4n) is 27.6. The normalized spacial score (nSPS) is 15.0. The topological polar surface area (TPSA) is 0 Å². The molecule has 630 valence electrons. The summed E-state index contributed by atoms with van der Waals surface area (Å²) in [4.78, 5) is 0. The Bertz CT molecular complexity index is 9510. The van der Waals surface area contributed by atoms with Gasteiger partial charge in [-0.15, -0.1) is 0 Å². The van der Waals surface area contributed by atoms with Crippen LogP contribution >= 0.6 is 0 Å². The Morgan fingerprint density at radius 2 is 0.474 bits per heavy atom. The van der Waals surface area contributed by atoms with Crippen LogP contribution in [0.3, 0.4) is 0 Å². The molecule has 0 heterocycles. The van der Waals surface area contributed by atoms with Gasteiger partial charge in [0.2, 0.25) is 0 Å². The molecule has 0 saturated carbocycles. The summed E-state index contributed by atoms with van der Waals surface area (Å²) in [7, 11) is 0. The van der Waals surface area contributed by atoms with Crippen LogP contribution in [0.2, 0.25) is 0 Å². The van der Waals surface area contributed by atoms with E-state index in [4.69, 9.17) is 0 Å². The van der Waals surface area contributed by atoms with Crippen molar-refractivity contribution in [2.24, 2.45) is 0 Å². The van der Waals surface area contributed by atoms with Gasteiger partial charge in [0.05, 0.1) is 0 Å². The van der Waals surface area contributed by atoms with Gasteiger partial charge in [0.1, 0.15) is 0 Å². The van der Waals surface area contributed by atoms with E-state index < -0.39 is 0 Å². The van der Waals surface area contributed by atoms with E-state index in [0.717, 1.165) is 0 Å². The van der Waals surface area contributed by atoms with Crippen molar-refractivity contribution >= 4 is 129 Å². The maximum Gasteiger partial charge on any atom is 0.0159 e. The lowest BCUT2D eigenvalue weighted by Crippen LogP contribution is -2.14. The summed E-state index contributed by atoms with van der Waals surface area (Å²) < 4.78 is 0. The first-order chi connectivity index (χ1) is 64.3. The lowest BCUT2D eigenvalue weighted by Gasteiger charge is -2.22. The Morgan fingerprint density at radius 1 is 0.180 bits per heavy atom. The molecule has 0 bridgehead atoms. The number of rotatable bonds is 1. The second kappa shape index (κ2) is 25.4. The molecule has 24 aromatic carbocycles. The van der Waals surface area contributed by atoms with Crippen molar-refractivity contribution in [3.8, 4) is 134 Å². The zero-order chi connectivity index (χ0) is 89.5. The maximum atomic E-state index is 2.51. The van der Waals surface area contributed by atoms with Gasteiger partial charge in [0, 0.05) is 21.7 Å². The van der Waals surface area contributed by atoms with Crippen LogP contribution in [-0.2, 0) is 27.1 Å². The molecule has 0 N–H and O–H groups in total. The number of hydrogen-bond acceptors (Lipinski definition) is 0. The van der Waals surface area contributed by atoms with E-state index >= 15 is 0 Å². The number of aryl methyl sites for hydroxylation is 2. The lowest BCUT2D eigenvalue weighted by atomic mass is 9.81. The largest absolute Gasteiger partial charge is 0.0619 e. The van der Waals surface area contributed by atoms with Crippen LogP contribution in [0.15, 0.2) is 315 Å². The summed E-state index contributed by atoms with van der Waals surface area (Å²) in [5, 5.41) is 33.6. The van der Waals surface area contributed by atoms with Crippen molar-refractivity contribution in [1.29, 1.82) is 0 Å². The van der Waals surface area contributed by atoms with E-state index in [1.807, 2.05) is 0 Å². The highest BCUT2D eigenvalue weighted by atomic mass is 14.5. The van der Waals surface area contributed by atoms with E-state index in [2.05, 4.69) is 419 Å². The van der Waals surface area contributed by atoms with Gasteiger partial charge >= 0.3 is 0 Å². The Kier molecular flexibility index (Phi) is 14.5. The van der Waals surface area contributed by atoms with E-state index in [1.54, 1.807) is 0 Å². The molecule has 0 aromatic heterocycles. The third-order valence-electron chi connectivity index (χ3n) is 34.1. The molecule has 0 spiro atoms. The van der Waals surface area contributed by atoms with E-state index in [-0.39, 0.29) is 27.1 Å². The van der Waals surface area contributed by atoms with Gasteiger partial charge in [-0.3, -0.25) is 0 Å². The average Bonchev–Trinajstić information content (AvgIpc) is 1.54. The minimum atomic E-state index is 0.0163. The van der Waals surface area contributed by atoms with E-state index in [9.17, 15) is 0 Å². The molecule has 24 aromatic rings. The third kappa shape index (κ3) is 9.66. The molecule has 0 aliphatic heterocycles. The fourth-order valence-corrected chi connectivity index (χ4v) is 27.6. The molecular weight excluding hydrogens is 1600 g/mol. The summed E-state index contributed by atoms with van der Waals surface area (Å²) in [5.74, 6) is 0.510. The van der Waals surface area contributed by atoms with Gasteiger partial charge < -0.3 is 0 Å². The van der Waals surface area contributed by atoms with Gasteiger partial charge in [0.15, 0.2) is 0 Å². The summed E-state index contributed by atoms with van der Waals surface area (Å²) in [5.41, 5.74) is 50.9. The first-order valence-corrected chi connectivity index (χ1v) is 48.4. The second-order valence-corrected chi connectivity index (χ2v) is 43.8. The van der Waals surface area contributed by atoms with E-state index in [0.29, 0.717) is 5.92 Å². The van der Waals surface area contributed by atoms with E-state index in [1.165, 1.54) is 330 Å². The first-order valence-electron chi connectivity index (χ1n) is 48.4. The third-order valence-corrected chi connectivity index (χ3v) is 34.1. The Labute approximate surface area is 776 Å². The van der Waals surface area contributed by atoms with Crippen molar-refractivity contribution in [1.82, 2.24) is 0 Å². The van der Waals surface area contributed by atoms with Gasteiger partial charge in [-0.25, -0.2) is 0 Å². The SMILES string of the molecule is CC(C)(C)c1cc2ccc3ccc4c5c(cc(c1)c2c35)-c1cc2c(cc1-4)C(C)(C)c1ccccc1-2.CC(C)c1ccc2cc3c4c(ccc5ccc1c2c54)-c1cc2c(cc1-3)-c1ccccc1C2(C)C.CC1(C)c2ccccc2-c2cc3c(cc21)-c1ccc2ccc4cccc5cc-3c1c2c45.Cc1cc(C)c2cc3c4c(ccc5ccc1c2c54)-c1cc2c(cc1-3)-c1ccccc1C2(C)C. The molecule has 0 amide bonds. The Balaban J connectivity index is 0.0000000867. The van der Waals surface area contributed by atoms with Gasteiger partial charge in [-0.2, -0.15) is 0 Å². The molecule has 32 rings (SSSR count). The summed E-state index contributed by atoms with van der Waals surface area (Å²) >= 11 is 0. The molecule has 133 heavy (non-hydrogen) atoms. The van der Waals surface area contributed by atoms with Crippen molar-refractivity contribution in [2.45, 2.75) is 137 Å². The number of benzene rings is 24. The highest BCUT2D eigenvalue weighted by Crippen LogP contribution is 2.65. The van der Waals surface area contributed by atoms with Crippen LogP contribution in [0.4, 0.5) is 0 Å². The zero-order valence-corrected chi connectivity index (χ0v) is 78.1. The molecule has 8 aliphatic carbocycles. The van der Waals surface area contributed by atoms with Crippen molar-refractivity contribution in [3.05, 3.63) is 382 Å². The second-order valence-electron chi connectivity index (χ2n) is 43.8. The fraction of sp³-hybridized carbons (Fsp3) is 0.158. The Morgan fingerprint density at radius 3 is 0.887 bits per heavy atom. The van der Waals surface area contributed by atoms with Crippen LogP contribution in [-0.4, -0.2) is 0 Å². The maximum absolute atomic E-state index is 2.51. The minimum Gasteiger partial charge on any atom is -0.0619 e. The predicted molar refractivity (Wildman–Crippen MR) is 571 cm³/mol. The highest BCUT2D eigenvalue weighted by molar-refractivity contribution is 6.37. The van der Waals surface area contributed by atoms with Gasteiger partial charge in [-0.1, -0.05) is 333 Å². The van der Waals surface area contributed by atoms with Crippen LogP contribution in [0.25, 0.3) is 263 Å². The molecule has 0 radical (unpaired) electrons. The number of hydrogen-bond donors (Lipinski definition) is 0. The highest BCUT2D eigenvalue weighted by Gasteiger charge is 2.44. The summed E-state index contributed by atoms with van der Waals surface area (Å²) in [6.45, 7) is 35.1. The number of fused-ring (bicyclic) bond motifs is 24. The molecule has 0 heteroatoms. The summed E-state index contributed by atoms with van der Waals surface area (Å²) in [6, 6.07) is 121. The first kappa shape index (κ1) is 76.2. The molecule has 0 fully saturated rings. The smallest absolute Gasteiger partial charge is 0.0159 e. The zero-order valence-electron chi connectivity index (χ0n) is 78.1. The predicted octanol–water partition coefficient (Wildman–Crippen LogP) is 37.2. The average molecular weight is 1700 g/mol. The van der Waals surface area contributed by atoms with Crippen molar-refractivity contribution in [2.75, 3.05) is 0 Å². The molecule has 0 nitrogen and oxygen atoms in total. The van der Waals surface area contributed by atoms with Crippen LogP contribution in [0.1, 0.15) is 163 Å². The lowest BCUT2D eigenvalue weighted by molar-refractivity contribution is 0.591. The van der Waals surface area contributed by atoms with Gasteiger partial charge in [0.25, 0.3) is 0 Å². The Hall–Kier alpha value is -14.6.